The second-order valence-electron chi connectivity index (χ2n) is 33.0. The number of imide groups is 3. The molecule has 35 heteroatoms. The van der Waals surface area contributed by atoms with Gasteiger partial charge in [-0.3, -0.25) is 67.1 Å². The van der Waals surface area contributed by atoms with Crippen molar-refractivity contribution in [1.29, 1.82) is 0 Å². The lowest BCUT2D eigenvalue weighted by Crippen LogP contribution is -2.31. The SMILES string of the molecule is C.C.CC(C)(C)OC(=O)C[C@@H](Cc1cc(F)cc(F)c1)c1ncc(N2C(=O)c3ccccc3C2=O)cc1-c1ccc(F)c(C(N)=O)c1.CC(C)(C)OC(=O)C[C@@H](Cc1cc(F)cc(F)c1)c1ncc(N2C(=O)c3ccccc3C2=O)cc1Br.CC(C)(C)[S@](=O)C[C@@H](Cc1cc(F)cc(F)c1)c1ncc(N2C(=O)c3ccccc3C2=O)cc1Br.NC(=O)c1cc(B(O)O)ccc1F. The molecule has 0 radical (unpaired) electrons. The molecule has 11 aromatic rings. The Labute approximate surface area is 768 Å². The number of carbonyl (C=O) groups is 10. The molecule has 0 saturated heterocycles. The van der Waals surface area contributed by atoms with Crippen molar-refractivity contribution in [3.63, 3.8) is 0 Å². The number of carbonyl (C=O) groups excluding carboxylic acids is 10. The highest BCUT2D eigenvalue weighted by atomic mass is 79.9. The number of amides is 8. The summed E-state index contributed by atoms with van der Waals surface area (Å²) in [6.45, 7) is 15.9. The van der Waals surface area contributed by atoms with Gasteiger partial charge in [-0.2, -0.15) is 0 Å². The number of rotatable bonds is 22. The number of benzene rings is 8. The van der Waals surface area contributed by atoms with Crippen LogP contribution in [0.15, 0.2) is 210 Å². The first-order valence-electron chi connectivity index (χ1n) is 39.6. The zero-order chi connectivity index (χ0) is 94.3. The van der Waals surface area contributed by atoms with Crippen molar-refractivity contribution in [2.24, 2.45) is 11.5 Å². The lowest BCUT2D eigenvalue weighted by atomic mass is 9.79. The number of pyridine rings is 3. The molecule has 3 aliphatic rings. The van der Waals surface area contributed by atoms with E-state index in [0.717, 1.165) is 69.3 Å². The predicted octanol–water partition coefficient (Wildman–Crippen LogP) is 17.8. The molecule has 0 unspecified atom stereocenters. The highest BCUT2D eigenvalue weighted by Crippen LogP contribution is 2.42. The predicted molar refractivity (Wildman–Crippen MR) is 485 cm³/mol. The highest BCUT2D eigenvalue weighted by Gasteiger charge is 2.42. The molecular formula is C96H89BBr2F8N8O15S. The van der Waals surface area contributed by atoms with Crippen molar-refractivity contribution in [1.82, 2.24) is 15.0 Å². The number of aromatic nitrogens is 3. The lowest BCUT2D eigenvalue weighted by Gasteiger charge is -2.24. The van der Waals surface area contributed by atoms with E-state index in [-0.39, 0.29) is 109 Å². The van der Waals surface area contributed by atoms with Crippen LogP contribution < -0.4 is 31.6 Å². The summed E-state index contributed by atoms with van der Waals surface area (Å²) in [5, 5.41) is 17.4. The molecule has 6 N–H and O–H groups in total. The molecule has 4 atom stereocenters. The maximum absolute atomic E-state index is 14.5. The molecule has 23 nitrogen and oxygen atoms in total. The number of nitrogens with two attached hydrogens (primary N) is 2. The van der Waals surface area contributed by atoms with Crippen molar-refractivity contribution in [2.75, 3.05) is 20.5 Å². The fraction of sp³-hybridized carbons (Fsp3) is 0.240. The summed E-state index contributed by atoms with van der Waals surface area (Å²) in [7, 11) is -3.01. The van der Waals surface area contributed by atoms with Gasteiger partial charge in [-0.05, 0) is 256 Å². The van der Waals surface area contributed by atoms with Crippen molar-refractivity contribution in [2.45, 2.75) is 143 Å². The number of ether oxygens (including phenoxy) is 2. The molecule has 0 fully saturated rings. The minimum Gasteiger partial charge on any atom is -0.460 e. The van der Waals surface area contributed by atoms with E-state index in [9.17, 15) is 87.3 Å². The zero-order valence-electron chi connectivity index (χ0n) is 70.3. The molecule has 0 aliphatic carbocycles. The van der Waals surface area contributed by atoms with Crippen LogP contribution in [0.5, 0.6) is 0 Å². The minimum atomic E-state index is -1.74. The molecule has 6 heterocycles. The van der Waals surface area contributed by atoms with Gasteiger partial charge in [-0.1, -0.05) is 63.4 Å². The largest absolute Gasteiger partial charge is 0.488 e. The third-order valence-electron chi connectivity index (χ3n) is 19.9. The molecule has 0 spiro atoms. The van der Waals surface area contributed by atoms with E-state index in [1.165, 1.54) is 73.2 Å². The Hall–Kier alpha value is -13.0. The Bertz CT molecular complexity index is 6190. The Kier molecular flexibility index (Phi) is 32.9. The Balaban J connectivity index is 0.000000207. The topological polar surface area (TPSA) is 347 Å². The first kappa shape index (κ1) is 102. The molecule has 131 heavy (non-hydrogen) atoms. The van der Waals surface area contributed by atoms with Crippen LogP contribution in [0.3, 0.4) is 0 Å². The van der Waals surface area contributed by atoms with Gasteiger partial charge >= 0.3 is 19.1 Å². The number of hydrogen-bond donors (Lipinski definition) is 4. The quantitative estimate of drug-likeness (QED) is 0.0212. The average Bonchev–Trinajstić information content (AvgIpc) is 1.67. The number of anilines is 3. The van der Waals surface area contributed by atoms with Gasteiger partial charge in [0.25, 0.3) is 47.3 Å². The molecule has 8 amide bonds. The summed E-state index contributed by atoms with van der Waals surface area (Å²) in [6.07, 6.45) is 3.90. The molecule has 3 aliphatic heterocycles. The number of hydrogen-bond acceptors (Lipinski definition) is 18. The Morgan fingerprint density at radius 2 is 0.710 bits per heavy atom. The highest BCUT2D eigenvalue weighted by molar-refractivity contribution is 9.10. The van der Waals surface area contributed by atoms with Gasteiger partial charge in [0.15, 0.2) is 0 Å². The summed E-state index contributed by atoms with van der Waals surface area (Å²) < 4.78 is 135. The van der Waals surface area contributed by atoms with E-state index < -0.39 is 163 Å². The van der Waals surface area contributed by atoms with E-state index in [0.29, 0.717) is 59.4 Å². The van der Waals surface area contributed by atoms with Gasteiger partial charge in [0, 0.05) is 71.8 Å². The van der Waals surface area contributed by atoms with Crippen LogP contribution in [0.25, 0.3) is 11.1 Å². The van der Waals surface area contributed by atoms with Crippen LogP contribution in [-0.4, -0.2) is 117 Å². The number of halogens is 10. The van der Waals surface area contributed by atoms with E-state index >= 15 is 0 Å². The van der Waals surface area contributed by atoms with Crippen LogP contribution >= 0.6 is 31.9 Å². The second kappa shape index (κ2) is 42.3. The fourth-order valence-corrected chi connectivity index (χ4v) is 16.8. The molecule has 682 valence electrons. The van der Waals surface area contributed by atoms with Crippen LogP contribution in [-0.2, 0) is 49.1 Å². The minimum absolute atomic E-state index is 0. The zero-order valence-corrected chi connectivity index (χ0v) is 74.3. The van der Waals surface area contributed by atoms with Gasteiger partial charge in [-0.15, -0.1) is 0 Å². The average molecular weight is 1950 g/mol. The Morgan fingerprint density at radius 3 is 1.02 bits per heavy atom. The van der Waals surface area contributed by atoms with Crippen molar-refractivity contribution in [3.8, 4) is 11.1 Å². The lowest BCUT2D eigenvalue weighted by molar-refractivity contribution is -0.156. The maximum Gasteiger partial charge on any atom is 0.488 e. The number of fused-ring (bicyclic) bond motifs is 3. The molecule has 3 aromatic heterocycles. The summed E-state index contributed by atoms with van der Waals surface area (Å²) in [5.41, 5.74) is 12.8. The fourth-order valence-electron chi connectivity index (χ4n) is 14.3. The first-order chi connectivity index (χ1) is 60.6. The van der Waals surface area contributed by atoms with Gasteiger partial charge in [0.2, 0.25) is 0 Å². The number of nitrogens with zero attached hydrogens (tertiary/aromatic N) is 6. The van der Waals surface area contributed by atoms with Gasteiger partial charge in [0.1, 0.15) is 57.7 Å². The maximum atomic E-state index is 14.5. The summed E-state index contributed by atoms with van der Waals surface area (Å²) >= 11 is 6.95. The second-order valence-corrected chi connectivity index (χ2v) is 37.0. The molecular weight excluding hydrogens is 1860 g/mol. The van der Waals surface area contributed by atoms with Gasteiger partial charge < -0.3 is 31.0 Å². The van der Waals surface area contributed by atoms with Crippen LogP contribution in [0.2, 0.25) is 0 Å². The van der Waals surface area contributed by atoms with E-state index in [4.69, 9.17) is 31.0 Å². The number of esters is 2. The summed E-state index contributed by atoms with van der Waals surface area (Å²) in [5.74, 6) is -13.9. The third kappa shape index (κ3) is 25.0. The van der Waals surface area contributed by atoms with E-state index in [1.807, 2.05) is 20.8 Å². The standard InChI is InChI=1S/C34H28F3N3O5.C27H23BrF2N2O4.C26H23BrF2N2O3S.C7H7BFNO3.2CH4/c1-34(2,3)45-29(41)14-20(10-18-11-21(35)15-22(36)12-18)30-26(19-8-9-28(37)27(13-19)31(38)42)16-23(17-39-30)40-32(43)24-6-4-5-7-25(24)33(40)44;1-27(2,3)36-23(33)11-16(8-15-9-17(29)12-18(30)10-15)24-22(28)13-19(14-31-24)32-25(34)20-6-4-5-7-21(20)26(32)35;1-26(2,3)35(34)14-16(8-15-9-17(28)11-18(29)10-15)23-22(27)12-19(13-30-23)31-24(32)20-6-4-5-7-21(20)25(31)33;9-6-2-1-4(8(12)13)3-5(6)7(10)11;;/h4-9,11-13,15-17,20H,10,14H2,1-3H3,(H2,38,42);4-7,9-10,12-14,16H,8,11H2,1-3H3;4-7,9-13,16H,8,14H2,1-3H3;1-3,12-13H,(H2,10,11);2*1H4/t20-;16-;16-,35-;;;/m111.../s1. The molecule has 8 aromatic carbocycles. The number of primary amides is 2. The van der Waals surface area contributed by atoms with Crippen LogP contribution in [0.1, 0.15) is 224 Å². The van der Waals surface area contributed by atoms with Crippen LogP contribution in [0.4, 0.5) is 52.2 Å². The van der Waals surface area contributed by atoms with Gasteiger partial charge in [0.05, 0.1) is 110 Å². The van der Waals surface area contributed by atoms with Gasteiger partial charge in [-0.25, -0.2) is 49.8 Å². The first-order valence-corrected chi connectivity index (χ1v) is 42.5. The monoisotopic (exact) mass is 1950 g/mol. The van der Waals surface area contributed by atoms with E-state index in [1.54, 1.807) is 114 Å². The summed E-state index contributed by atoms with van der Waals surface area (Å²) in [6, 6.07) is 40.2. The Morgan fingerprint density at radius 1 is 0.412 bits per heavy atom. The molecule has 0 bridgehead atoms. The van der Waals surface area contributed by atoms with Crippen molar-refractivity contribution < 1.29 is 107 Å². The van der Waals surface area contributed by atoms with Crippen molar-refractivity contribution >= 4 is 131 Å². The molecule has 14 rings (SSSR count). The third-order valence-corrected chi connectivity index (χ3v) is 23.3. The van der Waals surface area contributed by atoms with Crippen LogP contribution in [0, 0.1) is 46.5 Å². The summed E-state index contributed by atoms with van der Waals surface area (Å²) in [4.78, 5) is 143. The molecule has 0 saturated carbocycles. The van der Waals surface area contributed by atoms with E-state index in [2.05, 4.69) is 46.8 Å². The smallest absolute Gasteiger partial charge is 0.460 e. The normalized spacial score (nSPS) is 13.6. The van der Waals surface area contributed by atoms with Crippen molar-refractivity contribution in [3.05, 3.63) is 334 Å².